The van der Waals surface area contributed by atoms with Crippen LogP contribution in [0.3, 0.4) is 0 Å². The molecule has 101 heavy (non-hydrogen) atoms. The summed E-state index contributed by atoms with van der Waals surface area (Å²) in [6, 6.07) is 21.4. The third-order valence-electron chi connectivity index (χ3n) is 10.5. The van der Waals surface area contributed by atoms with Crippen LogP contribution in [0.1, 0.15) is 47.4 Å². The Hall–Kier alpha value is -11.3. The molecule has 0 saturated carbocycles. The number of hydrogen-bond acceptors (Lipinski definition) is 13. The van der Waals surface area contributed by atoms with Crippen LogP contribution in [0.15, 0.2) is 292 Å². The quantitative estimate of drug-likeness (QED) is 0.201. The van der Waals surface area contributed by atoms with Crippen molar-refractivity contribution in [3.8, 4) is 0 Å². The average Bonchev–Trinajstić information content (AvgIpc) is 2.09. The number of imidazole rings is 1. The van der Waals surface area contributed by atoms with E-state index in [1.165, 1.54) is 6.33 Å². The summed E-state index contributed by atoms with van der Waals surface area (Å²) in [4.78, 5) is 23.0. The summed E-state index contributed by atoms with van der Waals surface area (Å²) in [5.74, 6) is 0.808. The van der Waals surface area contributed by atoms with E-state index in [2.05, 4.69) is 49.6 Å². The van der Waals surface area contributed by atoms with Crippen LogP contribution in [0.5, 0.6) is 0 Å². The molecule has 0 aliphatic carbocycles. The third kappa shape index (κ3) is 63.2. The van der Waals surface area contributed by atoms with Crippen LogP contribution in [0.25, 0.3) is 0 Å². The van der Waals surface area contributed by atoms with Gasteiger partial charge < -0.3 is 4.42 Å². The SMILES string of the molecule is CC.CC.CC.C[n+]1ccccc1.C[n+]1ccccn1.C[n+]1ccccn1.C[n+]1cccnc1.C[n+]1ccco1.C[n+]1cccs1.C[n+]1ccncc1.C[n+]1ccoc1.C[n+]1ccsc1.C[n+]1cncnc1.Cc1nc[n+](C)cn1.Cn1c[n+](C)cn1.Cn1cc[n+](C)c1.Cn1ccc[n+]1C. The Morgan fingerprint density at radius 1 is 0.396 bits per heavy atom. The molecule has 0 aliphatic rings. The number of thiazole rings is 1. The Balaban J connectivity index is -0.00000102. The number of pyridine rings is 1. The van der Waals surface area contributed by atoms with Crippen LogP contribution in [-0.2, 0) is 120 Å². The first-order valence-corrected chi connectivity index (χ1v) is 33.9. The summed E-state index contributed by atoms with van der Waals surface area (Å²) in [6.45, 7) is 13.9. The zero-order chi connectivity index (χ0) is 76.1. The summed E-state index contributed by atoms with van der Waals surface area (Å²) in [6.07, 6.45) is 58.5. The number of nitrogens with zero attached hydrogens (tertiary/aromatic N) is 26. The molecule has 542 valence electrons. The molecule has 0 atom stereocenters. The van der Waals surface area contributed by atoms with E-state index in [4.69, 9.17) is 4.52 Å². The topological polar surface area (TPSA) is 211 Å². The van der Waals surface area contributed by atoms with Crippen molar-refractivity contribution in [1.29, 1.82) is 0 Å². The molecule has 0 amide bonds. The highest BCUT2D eigenvalue weighted by Crippen LogP contribution is 1.84. The molecule has 14 aromatic heterocycles. The maximum atomic E-state index is 4.75. The van der Waals surface area contributed by atoms with Crippen molar-refractivity contribution in [2.24, 2.45) is 120 Å². The first-order chi connectivity index (χ1) is 48.6. The van der Waals surface area contributed by atoms with E-state index in [1.54, 1.807) is 139 Å². The molecule has 0 N–H and O–H groups in total. The van der Waals surface area contributed by atoms with Crippen LogP contribution in [0, 0.1) is 6.92 Å². The lowest BCUT2D eigenvalue weighted by Crippen LogP contribution is -2.35. The summed E-state index contributed by atoms with van der Waals surface area (Å²) in [5, 5.41) is 15.8. The van der Waals surface area contributed by atoms with Gasteiger partial charge in [0.15, 0.2) is 104 Å². The molecular weight excluding hydrogens is 1310 g/mol. The standard InChI is InChI=1S/C6H8N.C5H8N3.2C5H9N2.4C5H7N2.C4H8N3.C4H6N3.2C4H6NO.2C4H6NS.3C2H6/c1-7-5-3-2-4-6-7;1-5-6-3-8(2)4-7-5;1-6-3-4-7(2)5-6;1-6-4-3-5-7(6)2;1-7-4-2-6-3-5-7;1-7-4-2-3-6-5-7;2*1-7-5-3-2-4-6-7;1-6-3-5-7(2)4-6;1-7-3-5-2-6-4-7;1-5-2-3-6-4-5;1-5-3-2-4-6-5;1-5-2-3-6-4-5;1-5-3-2-4-6-5;3*1-2/h2-6H,1H3;3-4H,1-2H3;2*3-5H,1-2H3;4*2-5H,1H3;3-4H,1-2H3;2-4H,1H3;4*2-4H,1H3;3*1-2H3/q14*+1;;;. The highest BCUT2D eigenvalue weighted by molar-refractivity contribution is 7.07. The van der Waals surface area contributed by atoms with Gasteiger partial charge in [-0.2, -0.15) is 13.8 Å². The zero-order valence-electron chi connectivity index (χ0n) is 64.3. The fourth-order valence-corrected chi connectivity index (χ4v) is 6.71. The molecule has 0 unspecified atom stereocenters. The summed E-state index contributed by atoms with van der Waals surface area (Å²) in [7, 11) is 33.0. The monoisotopic (exact) mass is 1430 g/mol. The van der Waals surface area contributed by atoms with E-state index >= 15 is 0 Å². The van der Waals surface area contributed by atoms with Gasteiger partial charge in [0.2, 0.25) is 55.9 Å². The maximum absolute atomic E-state index is 4.75. The second-order valence-corrected chi connectivity index (χ2v) is 21.6. The molecular formula is C71H118N26O2S2+14. The lowest BCUT2D eigenvalue weighted by molar-refractivity contribution is -0.845. The largest absolute Gasteiger partial charge is 0.412 e. The third-order valence-corrected chi connectivity index (χ3v) is 12.0. The van der Waals surface area contributed by atoms with Crippen molar-refractivity contribution in [2.45, 2.75) is 48.5 Å². The number of oxazole rings is 1. The van der Waals surface area contributed by atoms with Gasteiger partial charge in [-0.15, -0.1) is 13.3 Å². The summed E-state index contributed by atoms with van der Waals surface area (Å²) >= 11 is 3.40. The van der Waals surface area contributed by atoms with Crippen molar-refractivity contribution in [3.63, 3.8) is 0 Å². The Bertz CT molecular complexity index is 3330. The Morgan fingerprint density at radius 3 is 1.17 bits per heavy atom. The van der Waals surface area contributed by atoms with Crippen LogP contribution < -0.4 is 63.8 Å². The van der Waals surface area contributed by atoms with Gasteiger partial charge in [-0.3, -0.25) is 4.98 Å². The van der Waals surface area contributed by atoms with Gasteiger partial charge in [0, 0.05) is 60.6 Å². The predicted molar refractivity (Wildman–Crippen MR) is 383 cm³/mol. The number of aromatic nitrogens is 26. The molecule has 0 aromatic carbocycles. The minimum absolute atomic E-state index is 0.808. The van der Waals surface area contributed by atoms with Crippen molar-refractivity contribution in [2.75, 3.05) is 0 Å². The van der Waals surface area contributed by atoms with E-state index in [0.717, 1.165) is 5.82 Å². The average molecular weight is 1430 g/mol. The van der Waals surface area contributed by atoms with Crippen LogP contribution in [-0.4, -0.2) is 59.1 Å². The first kappa shape index (κ1) is 93.9. The highest BCUT2D eigenvalue weighted by atomic mass is 32.1. The molecule has 0 spiro atoms. The number of rotatable bonds is 0. The van der Waals surface area contributed by atoms with Gasteiger partial charge in [-0.1, -0.05) is 93.2 Å². The van der Waals surface area contributed by atoms with Gasteiger partial charge in [0.05, 0.1) is 104 Å². The molecule has 0 fully saturated rings. The molecule has 28 nitrogen and oxygen atoms in total. The first-order valence-electron chi connectivity index (χ1n) is 32.1. The van der Waals surface area contributed by atoms with Gasteiger partial charge in [-0.25, -0.2) is 41.1 Å². The van der Waals surface area contributed by atoms with Crippen LogP contribution in [0.4, 0.5) is 0 Å². The highest BCUT2D eigenvalue weighted by Gasteiger charge is 1.94. The minimum Gasteiger partial charge on any atom is -0.412 e. The summed E-state index contributed by atoms with van der Waals surface area (Å²) in [5.41, 5.74) is 2.04. The van der Waals surface area contributed by atoms with Gasteiger partial charge in [0.25, 0.3) is 24.8 Å². The lowest BCUT2D eigenvalue weighted by atomic mass is 10.5. The number of hydrogen-bond donors (Lipinski definition) is 0. The second kappa shape index (κ2) is 66.0. The van der Waals surface area contributed by atoms with E-state index < -0.39 is 0 Å². The Kier molecular flexibility index (Phi) is 61.4. The van der Waals surface area contributed by atoms with Crippen LogP contribution >= 0.6 is 22.9 Å². The normalized spacial score (nSPS) is 8.59. The van der Waals surface area contributed by atoms with Gasteiger partial charge >= 0.3 is 6.39 Å². The molecule has 0 bridgehead atoms. The van der Waals surface area contributed by atoms with Gasteiger partial charge in [-0.05, 0) is 27.1 Å². The van der Waals surface area contributed by atoms with E-state index in [1.807, 2.05) is 407 Å². The fraction of sp³-hybridized carbons (Fsp3) is 0.338. The molecule has 14 aromatic rings. The Labute approximate surface area is 608 Å². The molecule has 30 heteroatoms. The van der Waals surface area contributed by atoms with Crippen molar-refractivity contribution < 1.29 is 72.8 Å². The molecule has 0 radical (unpaired) electrons. The summed E-state index contributed by atoms with van der Waals surface area (Å²) < 4.78 is 41.5. The van der Waals surface area contributed by atoms with Crippen molar-refractivity contribution >= 4 is 22.9 Å². The van der Waals surface area contributed by atoms with E-state index in [-0.39, 0.29) is 0 Å². The fourth-order valence-electron chi connectivity index (χ4n) is 5.64. The maximum Gasteiger partial charge on any atom is 0.334 e. The van der Waals surface area contributed by atoms with Gasteiger partial charge in [0.1, 0.15) is 58.3 Å². The molecule has 0 saturated heterocycles. The smallest absolute Gasteiger partial charge is 0.334 e. The van der Waals surface area contributed by atoms with Crippen LogP contribution in [0.2, 0.25) is 0 Å². The lowest BCUT2D eigenvalue weighted by Gasteiger charge is -1.82. The van der Waals surface area contributed by atoms with Crippen molar-refractivity contribution in [3.05, 3.63) is 289 Å². The second-order valence-electron chi connectivity index (χ2n) is 19.7. The minimum atomic E-state index is 0.808. The molecule has 0 aliphatic heterocycles. The number of aryl methyl sites for hydroxylation is 18. The predicted octanol–water partition coefficient (Wildman–Crippen LogP) is 2.42. The van der Waals surface area contributed by atoms with E-state index in [0.29, 0.717) is 0 Å². The van der Waals surface area contributed by atoms with E-state index in [9.17, 15) is 0 Å². The Morgan fingerprint density at radius 2 is 0.970 bits per heavy atom. The van der Waals surface area contributed by atoms with Crippen molar-refractivity contribution in [1.82, 2.24) is 59.1 Å². The zero-order valence-corrected chi connectivity index (χ0v) is 66.0. The molecule has 14 heterocycles. The molecule has 14 rings (SSSR count).